The van der Waals surface area contributed by atoms with Crippen LogP contribution in [-0.2, 0) is 0 Å². The Balaban J connectivity index is 1.59. The molecule has 174 valence electrons. The van der Waals surface area contributed by atoms with E-state index in [-0.39, 0.29) is 6.71 Å². The maximum atomic E-state index is 2.59. The van der Waals surface area contributed by atoms with Crippen molar-refractivity contribution in [3.8, 4) is 11.4 Å². The quantitative estimate of drug-likeness (QED) is 0.268. The van der Waals surface area contributed by atoms with Gasteiger partial charge in [-0.2, -0.15) is 0 Å². The van der Waals surface area contributed by atoms with Crippen LogP contribution in [0.25, 0.3) is 55.0 Å². The molecule has 5 aromatic carbocycles. The molecule has 0 N–H and O–H groups in total. The lowest BCUT2D eigenvalue weighted by molar-refractivity contribution is 1.16. The van der Waals surface area contributed by atoms with Gasteiger partial charge in [0.1, 0.15) is 0 Å². The van der Waals surface area contributed by atoms with Gasteiger partial charge in [-0.05, 0) is 40.7 Å². The van der Waals surface area contributed by atoms with E-state index in [1.165, 1.54) is 71.4 Å². The summed E-state index contributed by atoms with van der Waals surface area (Å²) in [4.78, 5) is 0. The molecule has 0 atom stereocenters. The molecule has 9 rings (SSSR count). The zero-order chi connectivity index (χ0) is 24.6. The van der Waals surface area contributed by atoms with Gasteiger partial charge in [0.05, 0.1) is 24.6 Å². The summed E-state index contributed by atoms with van der Waals surface area (Å²) in [7, 11) is -1.58. The second-order valence-corrected chi connectivity index (χ2v) is 16.8. The third kappa shape index (κ3) is 2.25. The van der Waals surface area contributed by atoms with Crippen LogP contribution in [0.3, 0.4) is 0 Å². The number of nitrogens with zero attached hydrogens (tertiary/aromatic N) is 2. The number of aromatic nitrogens is 2. The van der Waals surface area contributed by atoms with E-state index in [1.807, 2.05) is 0 Å². The van der Waals surface area contributed by atoms with Crippen molar-refractivity contribution in [3.05, 3.63) is 97.1 Å². The predicted octanol–water partition coefficient (Wildman–Crippen LogP) is 5.57. The Morgan fingerprint density at radius 3 is 2.03 bits per heavy atom. The maximum Gasteiger partial charge on any atom is 0.252 e. The molecule has 2 aromatic heterocycles. The average molecular weight is 488 g/mol. The van der Waals surface area contributed by atoms with Crippen LogP contribution in [0.4, 0.5) is 0 Å². The highest BCUT2D eigenvalue weighted by molar-refractivity contribution is 7.01. The summed E-state index contributed by atoms with van der Waals surface area (Å²) in [5, 5.41) is 7.10. The molecule has 0 saturated carbocycles. The first kappa shape index (κ1) is 20.1. The minimum absolute atomic E-state index is 0.224. The van der Waals surface area contributed by atoms with Crippen molar-refractivity contribution in [3.63, 3.8) is 0 Å². The van der Waals surface area contributed by atoms with E-state index < -0.39 is 8.07 Å². The standard InChI is InChI=1S/C33H25BN2Si/c1-37(2,3)29-19-17-24-33-30(29)22-11-5-8-14-26(22)36(33)28-18-16-21-20-10-4-7-13-25(20)35-27-15-9-6-12-23(27)34(24)31(28)32(21)35/h4-19H,1-3H3. The zero-order valence-corrected chi connectivity index (χ0v) is 22.2. The van der Waals surface area contributed by atoms with E-state index in [1.54, 1.807) is 5.19 Å². The molecule has 7 aromatic rings. The van der Waals surface area contributed by atoms with E-state index in [0.717, 1.165) is 0 Å². The van der Waals surface area contributed by atoms with E-state index in [4.69, 9.17) is 0 Å². The van der Waals surface area contributed by atoms with Crippen molar-refractivity contribution in [1.29, 1.82) is 0 Å². The molecule has 0 amide bonds. The summed E-state index contributed by atoms with van der Waals surface area (Å²) in [6.45, 7) is 7.66. The fourth-order valence-corrected chi connectivity index (χ4v) is 9.03. The highest BCUT2D eigenvalue weighted by atomic mass is 28.3. The van der Waals surface area contributed by atoms with E-state index >= 15 is 0 Å². The number of hydrogen-bond acceptors (Lipinski definition) is 0. The molecular formula is C33H25BN2Si. The van der Waals surface area contributed by atoms with Gasteiger partial charge < -0.3 is 9.13 Å². The van der Waals surface area contributed by atoms with Crippen LogP contribution in [0, 0.1) is 0 Å². The van der Waals surface area contributed by atoms with Gasteiger partial charge >= 0.3 is 0 Å². The topological polar surface area (TPSA) is 9.86 Å². The predicted molar refractivity (Wildman–Crippen MR) is 163 cm³/mol. The molecule has 0 spiro atoms. The van der Waals surface area contributed by atoms with Crippen LogP contribution in [0.5, 0.6) is 0 Å². The molecule has 4 heterocycles. The molecule has 37 heavy (non-hydrogen) atoms. The molecule has 0 unspecified atom stereocenters. The Morgan fingerprint density at radius 1 is 0.541 bits per heavy atom. The summed E-state index contributed by atoms with van der Waals surface area (Å²) in [6.07, 6.45) is 0. The van der Waals surface area contributed by atoms with Gasteiger partial charge in [-0.25, -0.2) is 0 Å². The molecule has 2 nitrogen and oxygen atoms in total. The molecule has 0 fully saturated rings. The molecule has 0 aliphatic carbocycles. The lowest BCUT2D eigenvalue weighted by atomic mass is 9.34. The van der Waals surface area contributed by atoms with Crippen molar-refractivity contribution in [2.24, 2.45) is 0 Å². The molecule has 2 aliphatic heterocycles. The summed E-state index contributed by atoms with van der Waals surface area (Å²) in [5.74, 6) is 0. The summed E-state index contributed by atoms with van der Waals surface area (Å²) in [6, 6.07) is 36.7. The third-order valence-corrected chi connectivity index (χ3v) is 10.9. The number of fused-ring (bicyclic) bond motifs is 11. The van der Waals surface area contributed by atoms with Crippen LogP contribution in [0.2, 0.25) is 19.6 Å². The maximum absolute atomic E-state index is 2.59. The Labute approximate surface area is 216 Å². The Kier molecular flexibility index (Phi) is 3.50. The van der Waals surface area contributed by atoms with Gasteiger partial charge in [0.15, 0.2) is 0 Å². The minimum Gasteiger partial charge on any atom is -0.310 e. The largest absolute Gasteiger partial charge is 0.310 e. The molecule has 0 bridgehead atoms. The van der Waals surface area contributed by atoms with Crippen molar-refractivity contribution in [2.75, 3.05) is 0 Å². The minimum atomic E-state index is -1.58. The number of hydrogen-bond donors (Lipinski definition) is 0. The number of benzene rings is 5. The highest BCUT2D eigenvalue weighted by Gasteiger charge is 2.41. The van der Waals surface area contributed by atoms with Crippen LogP contribution in [0.15, 0.2) is 97.1 Å². The summed E-state index contributed by atoms with van der Waals surface area (Å²) in [5.41, 5.74) is 12.3. The van der Waals surface area contributed by atoms with Gasteiger partial charge in [-0.3, -0.25) is 0 Å². The summed E-state index contributed by atoms with van der Waals surface area (Å²) >= 11 is 0. The van der Waals surface area contributed by atoms with Crippen molar-refractivity contribution >= 4 is 80.0 Å². The van der Waals surface area contributed by atoms with Crippen LogP contribution in [-0.4, -0.2) is 23.9 Å². The fraction of sp³-hybridized carbons (Fsp3) is 0.0909. The second kappa shape index (κ2) is 6.45. The van der Waals surface area contributed by atoms with Crippen molar-refractivity contribution in [2.45, 2.75) is 19.6 Å². The molecular weight excluding hydrogens is 463 g/mol. The van der Waals surface area contributed by atoms with Crippen LogP contribution >= 0.6 is 0 Å². The monoisotopic (exact) mass is 488 g/mol. The lowest BCUT2D eigenvalue weighted by Crippen LogP contribution is -2.59. The van der Waals surface area contributed by atoms with Gasteiger partial charge in [-0.1, -0.05) is 97.6 Å². The number of rotatable bonds is 1. The van der Waals surface area contributed by atoms with Gasteiger partial charge in [-0.15, -0.1) is 0 Å². The van der Waals surface area contributed by atoms with Gasteiger partial charge in [0.25, 0.3) is 6.71 Å². The zero-order valence-electron chi connectivity index (χ0n) is 21.2. The SMILES string of the molecule is C[Si](C)(C)c1ccc2c3c1c1ccccc1n3-c1ccc3c4ccccc4n4c3c1B2c1ccccc1-4. The first-order valence-electron chi connectivity index (χ1n) is 13.3. The first-order chi connectivity index (χ1) is 18.0. The molecule has 2 aliphatic rings. The smallest absolute Gasteiger partial charge is 0.252 e. The van der Waals surface area contributed by atoms with Crippen LogP contribution < -0.4 is 21.6 Å². The highest BCUT2D eigenvalue weighted by Crippen LogP contribution is 2.39. The number of para-hydroxylation sites is 3. The van der Waals surface area contributed by atoms with E-state index in [2.05, 4.69) is 126 Å². The Hall–Kier alpha value is -4.02. The first-order valence-corrected chi connectivity index (χ1v) is 16.8. The molecule has 4 heteroatoms. The van der Waals surface area contributed by atoms with Crippen LogP contribution in [0.1, 0.15) is 0 Å². The van der Waals surface area contributed by atoms with Gasteiger partial charge in [0, 0.05) is 38.4 Å². The van der Waals surface area contributed by atoms with Gasteiger partial charge in [0.2, 0.25) is 0 Å². The normalized spacial score (nSPS) is 13.8. The van der Waals surface area contributed by atoms with Crippen molar-refractivity contribution < 1.29 is 0 Å². The second-order valence-electron chi connectivity index (χ2n) is 11.8. The molecule has 0 saturated heterocycles. The third-order valence-electron chi connectivity index (χ3n) is 8.84. The fourth-order valence-electron chi connectivity index (χ4n) is 7.45. The van der Waals surface area contributed by atoms with E-state index in [0.29, 0.717) is 0 Å². The van der Waals surface area contributed by atoms with E-state index in [9.17, 15) is 0 Å². The molecule has 0 radical (unpaired) electrons. The average Bonchev–Trinajstić information content (AvgIpc) is 3.44. The lowest BCUT2D eigenvalue weighted by Gasteiger charge is -2.33. The Bertz CT molecular complexity index is 2140. The summed E-state index contributed by atoms with van der Waals surface area (Å²) < 4.78 is 5.12. The Morgan fingerprint density at radius 2 is 1.22 bits per heavy atom. The van der Waals surface area contributed by atoms with Crippen molar-refractivity contribution in [1.82, 2.24) is 9.13 Å².